The van der Waals surface area contributed by atoms with Crippen LogP contribution in [-0.2, 0) is 16.3 Å². The molecule has 0 aromatic heterocycles. The predicted molar refractivity (Wildman–Crippen MR) is 158 cm³/mol. The molecule has 0 bridgehead atoms. The number of halogens is 7. The van der Waals surface area contributed by atoms with E-state index >= 15 is 0 Å². The second-order valence-electron chi connectivity index (χ2n) is 11.6. The van der Waals surface area contributed by atoms with Gasteiger partial charge >= 0.3 is 12.1 Å². The van der Waals surface area contributed by atoms with Crippen LogP contribution in [-0.4, -0.2) is 62.2 Å². The highest BCUT2D eigenvalue weighted by atomic mass is 32.2. The summed E-state index contributed by atoms with van der Waals surface area (Å²) in [7, 11) is -2.13. The molecule has 44 heavy (non-hydrogen) atoms. The Morgan fingerprint density at radius 3 is 2.16 bits per heavy atom. The van der Waals surface area contributed by atoms with Crippen molar-refractivity contribution in [1.29, 1.82) is 0 Å². The highest BCUT2D eigenvalue weighted by Crippen LogP contribution is 2.41. The summed E-state index contributed by atoms with van der Waals surface area (Å²) in [5.74, 6) is -7.71. The molecule has 0 atom stereocenters. The minimum atomic E-state index is -5.76. The number of hydrogen-bond donors (Lipinski definition) is 1. The fraction of sp³-hybridized carbons (Fsp3) is 0.562. The summed E-state index contributed by atoms with van der Waals surface area (Å²) < 4.78 is 115. The van der Waals surface area contributed by atoms with Gasteiger partial charge in [-0.05, 0) is 118 Å². The molecule has 0 heterocycles. The van der Waals surface area contributed by atoms with Gasteiger partial charge in [-0.15, -0.1) is 0 Å². The molecule has 2 aromatic rings. The largest absolute Gasteiger partial charge is 0.508 e. The van der Waals surface area contributed by atoms with E-state index in [4.69, 9.17) is 0 Å². The van der Waals surface area contributed by atoms with E-state index in [1.807, 2.05) is 18.0 Å². The number of unbranched alkanes of at least 4 members (excludes halogenated alkanes) is 4. The monoisotopic (exact) mass is 651 g/mol. The minimum Gasteiger partial charge on any atom is -0.508 e. The Morgan fingerprint density at radius 1 is 0.818 bits per heavy atom. The van der Waals surface area contributed by atoms with E-state index in [0.29, 0.717) is 31.4 Å². The molecule has 0 fully saturated rings. The zero-order chi connectivity index (χ0) is 32.5. The standard InChI is InChI=1S/C32H40F7NO3S/c1-40(18-6-7-19-44(42,43)20-16-31(35,36)32(37,38)39)17-5-3-2-4-10-27-26-15-13-25(41)21-23(26)9-8-11-28(27)29-14-12-24(33)22-30(29)34/h12-15,21-22,41H,2-11,16-20H2,1H3. The lowest BCUT2D eigenvalue weighted by Crippen LogP contribution is -2.38. The first-order chi connectivity index (χ1) is 20.6. The van der Waals surface area contributed by atoms with E-state index in [2.05, 4.69) is 0 Å². The maximum atomic E-state index is 14.8. The van der Waals surface area contributed by atoms with Crippen molar-refractivity contribution in [2.24, 2.45) is 0 Å². The van der Waals surface area contributed by atoms with Gasteiger partial charge < -0.3 is 10.0 Å². The normalized spacial score (nSPS) is 14.7. The first-order valence-electron chi connectivity index (χ1n) is 14.9. The lowest BCUT2D eigenvalue weighted by atomic mass is 9.88. The number of benzene rings is 2. The maximum absolute atomic E-state index is 14.8. The van der Waals surface area contributed by atoms with Crippen LogP contribution in [0.3, 0.4) is 0 Å². The van der Waals surface area contributed by atoms with Crippen molar-refractivity contribution in [3.8, 4) is 5.75 Å². The van der Waals surface area contributed by atoms with Gasteiger partial charge in [-0.1, -0.05) is 18.9 Å². The Balaban J connectivity index is 1.45. The van der Waals surface area contributed by atoms with Crippen LogP contribution >= 0.6 is 0 Å². The zero-order valence-corrected chi connectivity index (χ0v) is 25.7. The quantitative estimate of drug-likeness (QED) is 0.146. The lowest BCUT2D eigenvalue weighted by molar-refractivity contribution is -0.282. The van der Waals surface area contributed by atoms with E-state index in [0.717, 1.165) is 73.4 Å². The predicted octanol–water partition coefficient (Wildman–Crippen LogP) is 8.58. The third kappa shape index (κ3) is 10.5. The Bertz CT molecular complexity index is 1390. The Kier molecular flexibility index (Phi) is 12.7. The van der Waals surface area contributed by atoms with Crippen LogP contribution < -0.4 is 0 Å². The van der Waals surface area contributed by atoms with Crippen molar-refractivity contribution >= 4 is 21.0 Å². The maximum Gasteiger partial charge on any atom is 0.453 e. The van der Waals surface area contributed by atoms with E-state index in [-0.39, 0.29) is 12.2 Å². The Hall–Kier alpha value is -2.60. The fourth-order valence-electron chi connectivity index (χ4n) is 5.55. The lowest BCUT2D eigenvalue weighted by Gasteiger charge is -2.19. The van der Waals surface area contributed by atoms with Crippen molar-refractivity contribution < 1.29 is 44.3 Å². The molecule has 0 saturated heterocycles. The van der Waals surface area contributed by atoms with Crippen molar-refractivity contribution in [1.82, 2.24) is 4.90 Å². The molecule has 1 N–H and O–H groups in total. The number of phenolic OH excluding ortho intramolecular Hbond substituents is 1. The van der Waals surface area contributed by atoms with Gasteiger partial charge in [-0.3, -0.25) is 0 Å². The number of alkyl halides is 5. The molecular formula is C32H40F7NO3S. The second kappa shape index (κ2) is 15.6. The second-order valence-corrected chi connectivity index (χ2v) is 13.9. The molecule has 0 radical (unpaired) electrons. The molecule has 0 unspecified atom stereocenters. The molecule has 1 aliphatic rings. The number of phenols is 1. The summed E-state index contributed by atoms with van der Waals surface area (Å²) >= 11 is 0. The van der Waals surface area contributed by atoms with Crippen molar-refractivity contribution in [3.05, 3.63) is 64.7 Å². The summed E-state index contributed by atoms with van der Waals surface area (Å²) in [6, 6.07) is 8.89. The van der Waals surface area contributed by atoms with Crippen LogP contribution in [0.4, 0.5) is 30.7 Å². The summed E-state index contributed by atoms with van der Waals surface area (Å²) in [5, 5.41) is 10.0. The molecule has 0 amide bonds. The van der Waals surface area contributed by atoms with Crippen LogP contribution in [0.1, 0.15) is 80.9 Å². The minimum absolute atomic E-state index is 0.176. The van der Waals surface area contributed by atoms with Crippen molar-refractivity contribution in [2.75, 3.05) is 31.6 Å². The summed E-state index contributed by atoms with van der Waals surface area (Å²) in [6.07, 6.45) is -0.482. The van der Waals surface area contributed by atoms with Crippen LogP contribution in [0.2, 0.25) is 0 Å². The molecule has 12 heteroatoms. The van der Waals surface area contributed by atoms with Gasteiger partial charge in [-0.25, -0.2) is 17.2 Å². The molecule has 1 aliphatic carbocycles. The average molecular weight is 652 g/mol. The third-order valence-electron chi connectivity index (χ3n) is 8.01. The van der Waals surface area contributed by atoms with Gasteiger partial charge in [0.25, 0.3) is 0 Å². The SMILES string of the molecule is CN(CCCCCCC1=C(c2ccc(F)cc2F)CCCc2cc(O)ccc21)CCCCS(=O)(=O)CCC(F)(F)C(F)(F)F. The molecule has 2 aromatic carbocycles. The number of hydrogen-bond acceptors (Lipinski definition) is 4. The number of nitrogens with zero attached hydrogens (tertiary/aromatic N) is 1. The van der Waals surface area contributed by atoms with E-state index in [1.165, 1.54) is 12.1 Å². The van der Waals surface area contributed by atoms with Gasteiger partial charge in [-0.2, -0.15) is 22.0 Å². The number of sulfone groups is 1. The molecule has 0 spiro atoms. The first-order valence-corrected chi connectivity index (χ1v) is 16.7. The smallest absolute Gasteiger partial charge is 0.453 e. The van der Waals surface area contributed by atoms with Crippen LogP contribution in [0, 0.1) is 11.6 Å². The molecule has 3 rings (SSSR count). The number of fused-ring (bicyclic) bond motifs is 1. The zero-order valence-electron chi connectivity index (χ0n) is 24.8. The fourth-order valence-corrected chi connectivity index (χ4v) is 6.96. The molecular weight excluding hydrogens is 611 g/mol. The number of allylic oxidation sites excluding steroid dienone is 2. The molecule has 246 valence electrons. The molecule has 4 nitrogen and oxygen atoms in total. The van der Waals surface area contributed by atoms with Gasteiger partial charge in [0, 0.05) is 18.1 Å². The van der Waals surface area contributed by atoms with Gasteiger partial charge in [0.05, 0.1) is 11.5 Å². The molecule has 0 saturated carbocycles. The number of aromatic hydroxyl groups is 1. The highest BCUT2D eigenvalue weighted by molar-refractivity contribution is 7.91. The summed E-state index contributed by atoms with van der Waals surface area (Å²) in [6.45, 7) is 1.32. The van der Waals surface area contributed by atoms with Crippen LogP contribution in [0.5, 0.6) is 5.75 Å². The van der Waals surface area contributed by atoms with E-state index in [1.54, 1.807) is 12.1 Å². The summed E-state index contributed by atoms with van der Waals surface area (Å²) in [5.41, 5.74) is 4.26. The topological polar surface area (TPSA) is 57.6 Å². The van der Waals surface area contributed by atoms with Gasteiger partial charge in [0.15, 0.2) is 9.84 Å². The van der Waals surface area contributed by atoms with Crippen LogP contribution in [0.15, 0.2) is 36.4 Å². The van der Waals surface area contributed by atoms with E-state index in [9.17, 15) is 44.3 Å². The van der Waals surface area contributed by atoms with Gasteiger partial charge in [0.1, 0.15) is 17.4 Å². The number of aryl methyl sites for hydroxylation is 1. The Labute approximate surface area is 254 Å². The highest BCUT2D eigenvalue weighted by Gasteiger charge is 2.57. The summed E-state index contributed by atoms with van der Waals surface area (Å²) in [4.78, 5) is 2.02. The average Bonchev–Trinajstić information content (AvgIpc) is 3.10. The third-order valence-corrected chi connectivity index (χ3v) is 9.75. The van der Waals surface area contributed by atoms with Crippen molar-refractivity contribution in [3.63, 3.8) is 0 Å². The first kappa shape index (κ1) is 35.9. The van der Waals surface area contributed by atoms with E-state index < -0.39 is 51.5 Å². The van der Waals surface area contributed by atoms with Crippen molar-refractivity contribution in [2.45, 2.75) is 82.7 Å². The number of rotatable bonds is 16. The van der Waals surface area contributed by atoms with Gasteiger partial charge in [0.2, 0.25) is 0 Å². The van der Waals surface area contributed by atoms with Crippen LogP contribution in [0.25, 0.3) is 11.1 Å². The molecule has 0 aliphatic heterocycles. The Morgan fingerprint density at radius 2 is 1.48 bits per heavy atom.